The van der Waals surface area contributed by atoms with Gasteiger partial charge in [0.05, 0.1) is 0 Å². The molecule has 0 bridgehead atoms. The number of pyridine rings is 1. The van der Waals surface area contributed by atoms with Gasteiger partial charge in [0.25, 0.3) is 0 Å². The molecule has 78 valence electrons. The zero-order valence-electron chi connectivity index (χ0n) is 9.36. The quantitative estimate of drug-likeness (QED) is 0.799. The summed E-state index contributed by atoms with van der Waals surface area (Å²) in [5.74, 6) is 0.632. The van der Waals surface area contributed by atoms with Crippen LogP contribution in [0.1, 0.15) is 32.4 Å². The van der Waals surface area contributed by atoms with Crippen LogP contribution < -0.4 is 5.73 Å². The molecule has 14 heavy (non-hydrogen) atoms. The molecular weight excluding hydrogens is 174 g/mol. The number of rotatable bonds is 3. The van der Waals surface area contributed by atoms with Gasteiger partial charge in [0.15, 0.2) is 0 Å². The van der Waals surface area contributed by atoms with E-state index >= 15 is 0 Å². The van der Waals surface area contributed by atoms with Crippen molar-refractivity contribution in [1.82, 2.24) is 9.88 Å². The van der Waals surface area contributed by atoms with Crippen molar-refractivity contribution in [3.8, 4) is 0 Å². The third-order valence-corrected chi connectivity index (χ3v) is 2.75. The van der Waals surface area contributed by atoms with Crippen LogP contribution in [0.2, 0.25) is 0 Å². The summed E-state index contributed by atoms with van der Waals surface area (Å²) in [6.45, 7) is 6.49. The first-order valence-corrected chi connectivity index (χ1v) is 4.96. The maximum absolute atomic E-state index is 5.82. The van der Waals surface area contributed by atoms with E-state index in [9.17, 15) is 0 Å². The molecule has 0 spiro atoms. The molecule has 3 nitrogen and oxygen atoms in total. The molecule has 1 aromatic heterocycles. The highest BCUT2D eigenvalue weighted by Gasteiger charge is 2.16. The number of nitrogens with zero attached hydrogens (tertiary/aromatic N) is 2. The highest BCUT2D eigenvalue weighted by Crippen LogP contribution is 2.23. The Hall–Kier alpha value is -1.09. The van der Waals surface area contributed by atoms with Crippen LogP contribution in [0.25, 0.3) is 0 Å². The molecule has 2 N–H and O–H groups in total. The second-order valence-electron chi connectivity index (χ2n) is 3.91. The zero-order valence-corrected chi connectivity index (χ0v) is 9.36. The first-order valence-electron chi connectivity index (χ1n) is 4.96. The predicted octanol–water partition coefficient (Wildman–Crippen LogP) is 2.06. The summed E-state index contributed by atoms with van der Waals surface area (Å²) in [5, 5.41) is 0. The maximum atomic E-state index is 5.82. The van der Waals surface area contributed by atoms with Crippen LogP contribution in [0.5, 0.6) is 0 Å². The predicted molar refractivity (Wildman–Crippen MR) is 60.0 cm³/mol. The summed E-state index contributed by atoms with van der Waals surface area (Å²) in [6.07, 6.45) is 1.72. The van der Waals surface area contributed by atoms with E-state index in [1.807, 2.05) is 12.1 Å². The molecule has 3 heteroatoms. The molecule has 1 atom stereocenters. The molecule has 0 aliphatic carbocycles. The lowest BCUT2D eigenvalue weighted by atomic mass is 10.1. The van der Waals surface area contributed by atoms with Gasteiger partial charge in [-0.3, -0.25) is 4.90 Å². The van der Waals surface area contributed by atoms with Gasteiger partial charge in [-0.05, 0) is 33.9 Å². The zero-order chi connectivity index (χ0) is 10.7. The summed E-state index contributed by atoms with van der Waals surface area (Å²) >= 11 is 0. The van der Waals surface area contributed by atoms with Gasteiger partial charge in [-0.1, -0.05) is 6.07 Å². The third kappa shape index (κ3) is 2.23. The Morgan fingerprint density at radius 2 is 2.00 bits per heavy atom. The van der Waals surface area contributed by atoms with Crippen LogP contribution in [0, 0.1) is 0 Å². The van der Waals surface area contributed by atoms with Crippen LogP contribution in [-0.4, -0.2) is 23.0 Å². The minimum atomic E-state index is 0.309. The summed E-state index contributed by atoms with van der Waals surface area (Å²) < 4.78 is 0. The number of hydrogen-bond acceptors (Lipinski definition) is 3. The Balaban J connectivity index is 2.89. The summed E-state index contributed by atoms with van der Waals surface area (Å²) in [4.78, 5) is 6.36. The first-order chi connectivity index (χ1) is 6.54. The third-order valence-electron chi connectivity index (χ3n) is 2.75. The molecule has 0 aliphatic heterocycles. The minimum absolute atomic E-state index is 0.309. The monoisotopic (exact) mass is 193 g/mol. The van der Waals surface area contributed by atoms with Gasteiger partial charge in [-0.2, -0.15) is 0 Å². The average Bonchev–Trinajstić information content (AvgIpc) is 2.16. The van der Waals surface area contributed by atoms with Gasteiger partial charge in [0, 0.05) is 23.8 Å². The average molecular weight is 193 g/mol. The lowest BCUT2D eigenvalue weighted by molar-refractivity contribution is 0.210. The molecule has 0 amide bonds. The van der Waals surface area contributed by atoms with Gasteiger partial charge in [0.2, 0.25) is 0 Å². The Labute approximate surface area is 85.9 Å². The molecule has 0 saturated carbocycles. The number of nitrogens with two attached hydrogens (primary N) is 1. The van der Waals surface area contributed by atoms with Crippen molar-refractivity contribution in [2.75, 3.05) is 12.8 Å². The second kappa shape index (κ2) is 4.42. The van der Waals surface area contributed by atoms with E-state index in [1.54, 1.807) is 6.20 Å². The standard InChI is InChI=1S/C11H19N3/c1-8(2)14(4)9(3)10-6-5-7-13-11(10)12/h5-9H,1-4H3,(H2,12,13). The smallest absolute Gasteiger partial charge is 0.128 e. The molecule has 1 rings (SSSR count). The fourth-order valence-corrected chi connectivity index (χ4v) is 1.45. The topological polar surface area (TPSA) is 42.2 Å². The molecule has 0 aliphatic rings. The minimum Gasteiger partial charge on any atom is -0.383 e. The lowest BCUT2D eigenvalue weighted by Crippen LogP contribution is -2.29. The van der Waals surface area contributed by atoms with E-state index in [2.05, 4.69) is 37.7 Å². The van der Waals surface area contributed by atoms with E-state index in [0.29, 0.717) is 17.9 Å². The van der Waals surface area contributed by atoms with E-state index in [0.717, 1.165) is 5.56 Å². The van der Waals surface area contributed by atoms with Crippen LogP contribution in [0.4, 0.5) is 5.82 Å². The molecular formula is C11H19N3. The molecule has 0 fully saturated rings. The van der Waals surface area contributed by atoms with E-state index in [1.165, 1.54) is 0 Å². The Bertz CT molecular complexity index is 296. The number of hydrogen-bond donors (Lipinski definition) is 1. The van der Waals surface area contributed by atoms with E-state index in [-0.39, 0.29) is 0 Å². The summed E-state index contributed by atoms with van der Waals surface area (Å²) in [7, 11) is 2.10. The van der Waals surface area contributed by atoms with Gasteiger partial charge >= 0.3 is 0 Å². The second-order valence-corrected chi connectivity index (χ2v) is 3.91. The SMILES string of the molecule is CC(C)N(C)C(C)c1cccnc1N. The molecule has 0 aromatic carbocycles. The van der Waals surface area contributed by atoms with Crippen molar-refractivity contribution in [3.05, 3.63) is 23.9 Å². The van der Waals surface area contributed by atoms with Crippen molar-refractivity contribution in [2.24, 2.45) is 0 Å². The molecule has 1 unspecified atom stereocenters. The van der Waals surface area contributed by atoms with Crippen molar-refractivity contribution in [1.29, 1.82) is 0 Å². The number of aromatic nitrogens is 1. The lowest BCUT2D eigenvalue weighted by Gasteiger charge is -2.29. The van der Waals surface area contributed by atoms with Gasteiger partial charge < -0.3 is 5.73 Å². The van der Waals surface area contributed by atoms with Crippen LogP contribution >= 0.6 is 0 Å². The fourth-order valence-electron chi connectivity index (χ4n) is 1.45. The maximum Gasteiger partial charge on any atom is 0.128 e. The Kier molecular flexibility index (Phi) is 3.47. The van der Waals surface area contributed by atoms with Crippen molar-refractivity contribution < 1.29 is 0 Å². The van der Waals surface area contributed by atoms with Crippen molar-refractivity contribution >= 4 is 5.82 Å². The van der Waals surface area contributed by atoms with E-state index in [4.69, 9.17) is 5.73 Å². The Morgan fingerprint density at radius 3 is 2.50 bits per heavy atom. The number of anilines is 1. The van der Waals surface area contributed by atoms with Crippen LogP contribution in [-0.2, 0) is 0 Å². The first kappa shape index (κ1) is 11.0. The molecule has 0 saturated heterocycles. The van der Waals surface area contributed by atoms with Crippen LogP contribution in [0.3, 0.4) is 0 Å². The number of nitrogen functional groups attached to an aromatic ring is 1. The normalized spacial score (nSPS) is 13.6. The van der Waals surface area contributed by atoms with Crippen molar-refractivity contribution in [2.45, 2.75) is 32.9 Å². The van der Waals surface area contributed by atoms with Crippen LogP contribution in [0.15, 0.2) is 18.3 Å². The summed E-state index contributed by atoms with van der Waals surface area (Å²) in [5.41, 5.74) is 6.92. The summed E-state index contributed by atoms with van der Waals surface area (Å²) in [6, 6.07) is 4.77. The molecule has 1 aromatic rings. The molecule has 1 heterocycles. The fraction of sp³-hybridized carbons (Fsp3) is 0.545. The molecule has 0 radical (unpaired) electrons. The van der Waals surface area contributed by atoms with E-state index < -0.39 is 0 Å². The van der Waals surface area contributed by atoms with Crippen molar-refractivity contribution in [3.63, 3.8) is 0 Å². The largest absolute Gasteiger partial charge is 0.383 e. The Morgan fingerprint density at radius 1 is 1.36 bits per heavy atom. The highest BCUT2D eigenvalue weighted by molar-refractivity contribution is 5.40. The van der Waals surface area contributed by atoms with Gasteiger partial charge in [-0.25, -0.2) is 4.98 Å². The highest BCUT2D eigenvalue weighted by atomic mass is 15.1. The van der Waals surface area contributed by atoms with Gasteiger partial charge in [0.1, 0.15) is 5.82 Å². The van der Waals surface area contributed by atoms with Gasteiger partial charge in [-0.15, -0.1) is 0 Å².